The molecule has 1 aromatic rings. The van der Waals surface area contributed by atoms with Crippen LogP contribution < -0.4 is 5.32 Å². The first-order valence-electron chi connectivity index (χ1n) is 6.61. The predicted molar refractivity (Wildman–Crippen MR) is 64.0 cm³/mol. The monoisotopic (exact) mass is 219 g/mol. The number of aryl methyl sites for hydroxylation is 1. The summed E-state index contributed by atoms with van der Waals surface area (Å²) in [6.45, 7) is 4.11. The fourth-order valence-electron chi connectivity index (χ4n) is 3.53. The molecule has 0 saturated heterocycles. The highest BCUT2D eigenvalue weighted by Gasteiger charge is 2.38. The highest BCUT2D eigenvalue weighted by atomic mass is 15.3. The average molecular weight is 219 g/mol. The molecule has 3 heteroatoms. The minimum absolute atomic E-state index is 0.777. The van der Waals surface area contributed by atoms with Gasteiger partial charge in [-0.15, -0.1) is 0 Å². The lowest BCUT2D eigenvalue weighted by Gasteiger charge is -2.23. The summed E-state index contributed by atoms with van der Waals surface area (Å²) in [6.07, 6.45) is 7.72. The maximum atomic E-state index is 4.30. The van der Waals surface area contributed by atoms with E-state index in [9.17, 15) is 0 Å². The van der Waals surface area contributed by atoms with Gasteiger partial charge in [0.1, 0.15) is 0 Å². The largest absolute Gasteiger partial charge is 0.308 e. The molecule has 3 rings (SSSR count). The summed E-state index contributed by atoms with van der Waals surface area (Å²) < 4.78 is 2.08. The molecule has 0 aromatic carbocycles. The van der Waals surface area contributed by atoms with Crippen molar-refractivity contribution in [1.82, 2.24) is 15.1 Å². The Labute approximate surface area is 97.2 Å². The lowest BCUT2D eigenvalue weighted by molar-refractivity contribution is 0.346. The molecule has 0 radical (unpaired) electrons. The third-order valence-corrected chi connectivity index (χ3v) is 4.39. The van der Waals surface area contributed by atoms with E-state index in [0.29, 0.717) is 0 Å². The summed E-state index contributed by atoms with van der Waals surface area (Å²) in [5.41, 5.74) is 1.32. The summed E-state index contributed by atoms with van der Waals surface area (Å²) in [7, 11) is 0. The van der Waals surface area contributed by atoms with E-state index in [0.717, 1.165) is 31.0 Å². The molecule has 3 nitrogen and oxygen atoms in total. The molecule has 3 unspecified atom stereocenters. The van der Waals surface area contributed by atoms with Crippen LogP contribution in [-0.4, -0.2) is 15.8 Å². The quantitative estimate of drug-likeness (QED) is 0.841. The van der Waals surface area contributed by atoms with Crippen LogP contribution in [0.3, 0.4) is 0 Å². The van der Waals surface area contributed by atoms with Crippen molar-refractivity contribution >= 4 is 0 Å². The molecule has 0 spiro atoms. The van der Waals surface area contributed by atoms with Crippen LogP contribution >= 0.6 is 0 Å². The normalized spacial score (nSPS) is 32.4. The maximum Gasteiger partial charge on any atom is 0.0522 e. The second-order valence-corrected chi connectivity index (χ2v) is 5.30. The molecule has 1 aromatic heterocycles. The molecule has 0 amide bonds. The van der Waals surface area contributed by atoms with Crippen LogP contribution in [0.4, 0.5) is 0 Å². The van der Waals surface area contributed by atoms with Gasteiger partial charge in [0.05, 0.1) is 5.69 Å². The van der Waals surface area contributed by atoms with Crippen LogP contribution in [0.5, 0.6) is 0 Å². The van der Waals surface area contributed by atoms with Crippen LogP contribution in [0.1, 0.15) is 38.3 Å². The molecular formula is C13H21N3. The van der Waals surface area contributed by atoms with Gasteiger partial charge < -0.3 is 5.32 Å². The molecule has 3 atom stereocenters. The molecule has 2 fully saturated rings. The van der Waals surface area contributed by atoms with Crippen molar-refractivity contribution < 1.29 is 0 Å². The Hall–Kier alpha value is -0.830. The smallest absolute Gasteiger partial charge is 0.0522 e. The van der Waals surface area contributed by atoms with Crippen molar-refractivity contribution in [2.45, 2.75) is 51.7 Å². The van der Waals surface area contributed by atoms with Gasteiger partial charge in [0, 0.05) is 25.3 Å². The SMILES string of the molecule is CCn1nccc1CNC1CC2CCC1C2. The molecule has 2 saturated carbocycles. The van der Waals surface area contributed by atoms with Gasteiger partial charge in [-0.2, -0.15) is 5.10 Å². The number of aromatic nitrogens is 2. The predicted octanol–water partition coefficient (Wildman–Crippen LogP) is 2.18. The van der Waals surface area contributed by atoms with E-state index in [1.807, 2.05) is 6.20 Å². The summed E-state index contributed by atoms with van der Waals surface area (Å²) in [5, 5.41) is 8.03. The van der Waals surface area contributed by atoms with Gasteiger partial charge in [0.15, 0.2) is 0 Å². The maximum absolute atomic E-state index is 4.30. The van der Waals surface area contributed by atoms with Crippen molar-refractivity contribution in [2.24, 2.45) is 11.8 Å². The first kappa shape index (κ1) is 10.3. The van der Waals surface area contributed by atoms with Crippen LogP contribution in [0.15, 0.2) is 12.3 Å². The topological polar surface area (TPSA) is 29.9 Å². The minimum Gasteiger partial charge on any atom is -0.308 e. The number of hydrogen-bond acceptors (Lipinski definition) is 2. The third-order valence-electron chi connectivity index (χ3n) is 4.39. The standard InChI is InChI=1S/C13H21N3/c1-2-16-12(5-6-15-16)9-14-13-8-10-3-4-11(13)7-10/h5-6,10-11,13-14H,2-4,7-9H2,1H3. The summed E-state index contributed by atoms with van der Waals surface area (Å²) in [5.74, 6) is 1.99. The van der Waals surface area contributed by atoms with E-state index in [2.05, 4.69) is 28.1 Å². The molecule has 2 aliphatic carbocycles. The van der Waals surface area contributed by atoms with Crippen molar-refractivity contribution in [2.75, 3.05) is 0 Å². The lowest BCUT2D eigenvalue weighted by atomic mass is 9.95. The van der Waals surface area contributed by atoms with Gasteiger partial charge in [-0.1, -0.05) is 6.42 Å². The summed E-state index contributed by atoms with van der Waals surface area (Å²) in [4.78, 5) is 0. The van der Waals surface area contributed by atoms with E-state index in [4.69, 9.17) is 0 Å². The fraction of sp³-hybridized carbons (Fsp3) is 0.769. The number of fused-ring (bicyclic) bond motifs is 2. The fourth-order valence-corrected chi connectivity index (χ4v) is 3.53. The van der Waals surface area contributed by atoms with Crippen molar-refractivity contribution in [3.05, 3.63) is 18.0 Å². The van der Waals surface area contributed by atoms with Crippen molar-refractivity contribution in [1.29, 1.82) is 0 Å². The molecular weight excluding hydrogens is 198 g/mol. The van der Waals surface area contributed by atoms with Crippen LogP contribution in [0.2, 0.25) is 0 Å². The zero-order valence-corrected chi connectivity index (χ0v) is 10.0. The molecule has 1 heterocycles. The highest BCUT2D eigenvalue weighted by molar-refractivity contribution is 5.02. The summed E-state index contributed by atoms with van der Waals surface area (Å²) >= 11 is 0. The molecule has 88 valence electrons. The lowest BCUT2D eigenvalue weighted by Crippen LogP contribution is -2.34. The molecule has 1 N–H and O–H groups in total. The van der Waals surface area contributed by atoms with Gasteiger partial charge in [-0.25, -0.2) is 0 Å². The second kappa shape index (κ2) is 4.21. The van der Waals surface area contributed by atoms with Gasteiger partial charge in [-0.3, -0.25) is 4.68 Å². The van der Waals surface area contributed by atoms with E-state index in [1.54, 1.807) is 0 Å². The highest BCUT2D eigenvalue weighted by Crippen LogP contribution is 2.44. The minimum atomic E-state index is 0.777. The molecule has 0 aliphatic heterocycles. The van der Waals surface area contributed by atoms with E-state index < -0.39 is 0 Å². The van der Waals surface area contributed by atoms with Gasteiger partial charge in [-0.05, 0) is 44.1 Å². The Morgan fingerprint density at radius 2 is 2.38 bits per heavy atom. The van der Waals surface area contributed by atoms with E-state index in [1.165, 1.54) is 31.4 Å². The number of nitrogens with one attached hydrogen (secondary N) is 1. The van der Waals surface area contributed by atoms with E-state index in [-0.39, 0.29) is 0 Å². The molecule has 16 heavy (non-hydrogen) atoms. The third kappa shape index (κ3) is 1.77. The Balaban J connectivity index is 1.57. The van der Waals surface area contributed by atoms with Gasteiger partial charge in [0.25, 0.3) is 0 Å². The average Bonchev–Trinajstić information content (AvgIpc) is 3.01. The van der Waals surface area contributed by atoms with Crippen LogP contribution in [0.25, 0.3) is 0 Å². The number of nitrogens with zero attached hydrogens (tertiary/aromatic N) is 2. The Morgan fingerprint density at radius 1 is 1.44 bits per heavy atom. The second-order valence-electron chi connectivity index (χ2n) is 5.30. The summed E-state index contributed by atoms with van der Waals surface area (Å²) in [6, 6.07) is 2.91. The number of rotatable bonds is 4. The van der Waals surface area contributed by atoms with Crippen LogP contribution in [-0.2, 0) is 13.1 Å². The van der Waals surface area contributed by atoms with Gasteiger partial charge in [0.2, 0.25) is 0 Å². The first-order valence-corrected chi connectivity index (χ1v) is 6.61. The zero-order chi connectivity index (χ0) is 11.0. The first-order chi connectivity index (χ1) is 7.86. The zero-order valence-electron chi connectivity index (χ0n) is 10.0. The molecule has 2 aliphatic rings. The Kier molecular flexibility index (Phi) is 2.72. The van der Waals surface area contributed by atoms with Crippen molar-refractivity contribution in [3.63, 3.8) is 0 Å². The van der Waals surface area contributed by atoms with Crippen molar-refractivity contribution in [3.8, 4) is 0 Å². The Morgan fingerprint density at radius 3 is 3.06 bits per heavy atom. The molecule has 2 bridgehead atoms. The van der Waals surface area contributed by atoms with E-state index >= 15 is 0 Å². The Bertz CT molecular complexity index is 358. The number of hydrogen-bond donors (Lipinski definition) is 1. The van der Waals surface area contributed by atoms with Gasteiger partial charge >= 0.3 is 0 Å². The van der Waals surface area contributed by atoms with Crippen LogP contribution in [0, 0.1) is 11.8 Å².